The van der Waals surface area contributed by atoms with Gasteiger partial charge in [0.15, 0.2) is 0 Å². The fraction of sp³-hybridized carbons (Fsp3) is 1.00. The summed E-state index contributed by atoms with van der Waals surface area (Å²) in [6.45, 7) is 5.05. The second-order valence-electron chi connectivity index (χ2n) is 4.42. The van der Waals surface area contributed by atoms with Crippen LogP contribution in [0, 0.1) is 5.92 Å². The van der Waals surface area contributed by atoms with Gasteiger partial charge in [-0.25, -0.2) is 0 Å². The molecule has 0 aromatic heterocycles. The maximum atomic E-state index is 6.04. The predicted molar refractivity (Wildman–Crippen MR) is 55.6 cm³/mol. The minimum Gasteiger partial charge on any atom is -0.379 e. The van der Waals surface area contributed by atoms with Crippen LogP contribution in [0.2, 0.25) is 0 Å². The van der Waals surface area contributed by atoms with Crippen molar-refractivity contribution in [1.82, 2.24) is 0 Å². The SMILES string of the molecule is CC(C)OCCC1CCCCC1N. The highest BCUT2D eigenvalue weighted by Crippen LogP contribution is 2.25. The highest BCUT2D eigenvalue weighted by atomic mass is 16.5. The van der Waals surface area contributed by atoms with E-state index in [1.807, 2.05) is 0 Å². The summed E-state index contributed by atoms with van der Waals surface area (Å²) in [4.78, 5) is 0. The second-order valence-corrected chi connectivity index (χ2v) is 4.42. The lowest BCUT2D eigenvalue weighted by Gasteiger charge is -2.28. The first kappa shape index (κ1) is 11.0. The first-order chi connectivity index (χ1) is 6.20. The Kier molecular flexibility index (Phi) is 4.74. The van der Waals surface area contributed by atoms with Crippen LogP contribution in [0.5, 0.6) is 0 Å². The van der Waals surface area contributed by atoms with Crippen LogP contribution in [0.4, 0.5) is 0 Å². The molecular weight excluding hydrogens is 162 g/mol. The molecule has 2 heteroatoms. The molecule has 0 heterocycles. The molecule has 1 rings (SSSR count). The Labute approximate surface area is 81.8 Å². The predicted octanol–water partition coefficient (Wildman–Crippen LogP) is 2.32. The molecule has 0 aliphatic heterocycles. The Hall–Kier alpha value is -0.0800. The first-order valence-electron chi connectivity index (χ1n) is 5.57. The van der Waals surface area contributed by atoms with E-state index in [2.05, 4.69) is 13.8 Å². The molecule has 2 N–H and O–H groups in total. The molecule has 0 aromatic carbocycles. The molecule has 0 radical (unpaired) electrons. The van der Waals surface area contributed by atoms with E-state index in [4.69, 9.17) is 10.5 Å². The van der Waals surface area contributed by atoms with Crippen molar-refractivity contribution >= 4 is 0 Å². The van der Waals surface area contributed by atoms with Crippen LogP contribution in [0.15, 0.2) is 0 Å². The summed E-state index contributed by atoms with van der Waals surface area (Å²) in [5.41, 5.74) is 6.04. The van der Waals surface area contributed by atoms with Crippen molar-refractivity contribution in [2.45, 2.75) is 58.1 Å². The summed E-state index contributed by atoms with van der Waals surface area (Å²) in [5.74, 6) is 0.715. The van der Waals surface area contributed by atoms with Gasteiger partial charge in [0, 0.05) is 12.6 Å². The van der Waals surface area contributed by atoms with Gasteiger partial charge in [-0.05, 0) is 39.0 Å². The van der Waals surface area contributed by atoms with Crippen LogP contribution in [-0.2, 0) is 4.74 Å². The molecule has 0 bridgehead atoms. The van der Waals surface area contributed by atoms with Gasteiger partial charge >= 0.3 is 0 Å². The number of rotatable bonds is 4. The summed E-state index contributed by atoms with van der Waals surface area (Å²) in [5, 5.41) is 0. The molecule has 0 amide bonds. The van der Waals surface area contributed by atoms with Crippen molar-refractivity contribution < 1.29 is 4.74 Å². The molecule has 0 saturated heterocycles. The topological polar surface area (TPSA) is 35.2 Å². The Balaban J connectivity index is 2.11. The third kappa shape index (κ3) is 4.10. The monoisotopic (exact) mass is 185 g/mol. The standard InChI is InChI=1S/C11H23NO/c1-9(2)13-8-7-10-5-3-4-6-11(10)12/h9-11H,3-8,12H2,1-2H3. The zero-order valence-corrected chi connectivity index (χ0v) is 8.96. The summed E-state index contributed by atoms with van der Waals surface area (Å²) in [7, 11) is 0. The fourth-order valence-electron chi connectivity index (χ4n) is 2.05. The molecule has 0 spiro atoms. The molecule has 2 atom stereocenters. The van der Waals surface area contributed by atoms with Crippen LogP contribution in [0.3, 0.4) is 0 Å². The highest BCUT2D eigenvalue weighted by molar-refractivity contribution is 4.77. The Morgan fingerprint density at radius 1 is 1.31 bits per heavy atom. The largest absolute Gasteiger partial charge is 0.379 e. The van der Waals surface area contributed by atoms with Crippen molar-refractivity contribution in [3.8, 4) is 0 Å². The van der Waals surface area contributed by atoms with Gasteiger partial charge in [0.25, 0.3) is 0 Å². The lowest BCUT2D eigenvalue weighted by molar-refractivity contribution is 0.0623. The molecular formula is C11H23NO. The van der Waals surface area contributed by atoms with E-state index in [0.717, 1.165) is 13.0 Å². The molecule has 1 aliphatic rings. The summed E-state index contributed by atoms with van der Waals surface area (Å²) >= 11 is 0. The molecule has 1 aliphatic carbocycles. The molecule has 1 fully saturated rings. The van der Waals surface area contributed by atoms with Crippen molar-refractivity contribution in [3.63, 3.8) is 0 Å². The van der Waals surface area contributed by atoms with E-state index in [0.29, 0.717) is 18.1 Å². The fourth-order valence-corrected chi connectivity index (χ4v) is 2.05. The van der Waals surface area contributed by atoms with E-state index in [1.165, 1.54) is 25.7 Å². The van der Waals surface area contributed by atoms with E-state index in [9.17, 15) is 0 Å². The number of nitrogens with two attached hydrogens (primary N) is 1. The highest BCUT2D eigenvalue weighted by Gasteiger charge is 2.21. The summed E-state index contributed by atoms with van der Waals surface area (Å²) in [6, 6.07) is 0.435. The molecule has 2 unspecified atom stereocenters. The van der Waals surface area contributed by atoms with E-state index >= 15 is 0 Å². The molecule has 0 aromatic rings. The van der Waals surface area contributed by atoms with E-state index < -0.39 is 0 Å². The van der Waals surface area contributed by atoms with Crippen LogP contribution in [-0.4, -0.2) is 18.8 Å². The zero-order chi connectivity index (χ0) is 9.68. The zero-order valence-electron chi connectivity index (χ0n) is 8.96. The van der Waals surface area contributed by atoms with Gasteiger partial charge in [-0.3, -0.25) is 0 Å². The van der Waals surface area contributed by atoms with Gasteiger partial charge in [-0.15, -0.1) is 0 Å². The smallest absolute Gasteiger partial charge is 0.0518 e. The minimum absolute atomic E-state index is 0.361. The van der Waals surface area contributed by atoms with Gasteiger partial charge in [0.2, 0.25) is 0 Å². The third-order valence-electron chi connectivity index (χ3n) is 2.91. The van der Waals surface area contributed by atoms with Crippen molar-refractivity contribution in [1.29, 1.82) is 0 Å². The minimum atomic E-state index is 0.361. The molecule has 13 heavy (non-hydrogen) atoms. The number of ether oxygens (including phenoxy) is 1. The summed E-state index contributed by atoms with van der Waals surface area (Å²) < 4.78 is 5.54. The molecule has 1 saturated carbocycles. The number of hydrogen-bond acceptors (Lipinski definition) is 2. The Bertz CT molecular complexity index is 136. The van der Waals surface area contributed by atoms with Crippen LogP contribution in [0.25, 0.3) is 0 Å². The average Bonchev–Trinajstić information content (AvgIpc) is 2.08. The average molecular weight is 185 g/mol. The lowest BCUT2D eigenvalue weighted by Crippen LogP contribution is -2.33. The normalized spacial score (nSPS) is 29.5. The van der Waals surface area contributed by atoms with Crippen LogP contribution >= 0.6 is 0 Å². The Morgan fingerprint density at radius 2 is 2.00 bits per heavy atom. The van der Waals surface area contributed by atoms with Crippen molar-refractivity contribution in [3.05, 3.63) is 0 Å². The maximum absolute atomic E-state index is 6.04. The van der Waals surface area contributed by atoms with Crippen molar-refractivity contribution in [2.24, 2.45) is 11.7 Å². The maximum Gasteiger partial charge on any atom is 0.0518 e. The van der Waals surface area contributed by atoms with Crippen LogP contribution < -0.4 is 5.73 Å². The summed E-state index contributed by atoms with van der Waals surface area (Å²) in [6.07, 6.45) is 6.72. The van der Waals surface area contributed by atoms with Gasteiger partial charge < -0.3 is 10.5 Å². The third-order valence-corrected chi connectivity index (χ3v) is 2.91. The van der Waals surface area contributed by atoms with Gasteiger partial charge in [0.05, 0.1) is 6.10 Å². The first-order valence-corrected chi connectivity index (χ1v) is 5.57. The molecule has 2 nitrogen and oxygen atoms in total. The van der Waals surface area contributed by atoms with E-state index in [-0.39, 0.29) is 0 Å². The quantitative estimate of drug-likeness (QED) is 0.729. The van der Waals surface area contributed by atoms with Gasteiger partial charge in [-0.2, -0.15) is 0 Å². The van der Waals surface area contributed by atoms with Gasteiger partial charge in [0.1, 0.15) is 0 Å². The molecule has 78 valence electrons. The van der Waals surface area contributed by atoms with Gasteiger partial charge in [-0.1, -0.05) is 12.8 Å². The van der Waals surface area contributed by atoms with E-state index in [1.54, 1.807) is 0 Å². The Morgan fingerprint density at radius 3 is 2.62 bits per heavy atom. The second kappa shape index (κ2) is 5.61. The van der Waals surface area contributed by atoms with Crippen LogP contribution in [0.1, 0.15) is 46.0 Å². The number of hydrogen-bond donors (Lipinski definition) is 1. The lowest BCUT2D eigenvalue weighted by atomic mass is 9.83. The van der Waals surface area contributed by atoms with Crippen molar-refractivity contribution in [2.75, 3.05) is 6.61 Å².